The highest BCUT2D eigenvalue weighted by molar-refractivity contribution is 5.92. The van der Waals surface area contributed by atoms with Gasteiger partial charge in [0.25, 0.3) is 0 Å². The van der Waals surface area contributed by atoms with Crippen molar-refractivity contribution in [1.29, 1.82) is 0 Å². The van der Waals surface area contributed by atoms with Crippen LogP contribution in [0.4, 0.5) is 11.4 Å². The van der Waals surface area contributed by atoms with Gasteiger partial charge in [0.05, 0.1) is 13.2 Å². The van der Waals surface area contributed by atoms with E-state index in [-0.39, 0.29) is 24.8 Å². The summed E-state index contributed by atoms with van der Waals surface area (Å²) in [6, 6.07) is 8.70. The highest BCUT2D eigenvalue weighted by Crippen LogP contribution is 2.31. The second-order valence-electron chi connectivity index (χ2n) is 4.93. The monoisotopic (exact) mass is 304 g/mol. The fourth-order valence-corrected chi connectivity index (χ4v) is 2.24. The van der Waals surface area contributed by atoms with Gasteiger partial charge >= 0.3 is 0 Å². The van der Waals surface area contributed by atoms with Gasteiger partial charge in [0.2, 0.25) is 0 Å². The Balaban J connectivity index is 2.38. The quantitative estimate of drug-likeness (QED) is 0.530. The first-order valence-corrected chi connectivity index (χ1v) is 7.04. The molecule has 6 heteroatoms. The molecule has 1 aromatic carbocycles. The van der Waals surface area contributed by atoms with Crippen molar-refractivity contribution in [2.45, 2.75) is 6.92 Å². The number of hydrogen-bond acceptors (Lipinski definition) is 6. The summed E-state index contributed by atoms with van der Waals surface area (Å²) >= 11 is 0. The van der Waals surface area contributed by atoms with Crippen LogP contribution < -0.4 is 10.6 Å². The van der Waals surface area contributed by atoms with Crippen LogP contribution in [0.5, 0.6) is 0 Å². The maximum Gasteiger partial charge on any atom is 0.194 e. The molecule has 0 radical (unpaired) electrons. The zero-order chi connectivity index (χ0) is 16.1. The molecular formula is C16H20N2O4. The van der Waals surface area contributed by atoms with Gasteiger partial charge in [0.15, 0.2) is 11.5 Å². The maximum atomic E-state index is 11.3. The van der Waals surface area contributed by atoms with E-state index in [1.807, 2.05) is 17.0 Å². The van der Waals surface area contributed by atoms with Crippen LogP contribution in [-0.2, 0) is 0 Å². The van der Waals surface area contributed by atoms with Crippen molar-refractivity contribution >= 4 is 17.2 Å². The Morgan fingerprint density at radius 2 is 1.86 bits per heavy atom. The van der Waals surface area contributed by atoms with E-state index < -0.39 is 0 Å². The van der Waals surface area contributed by atoms with Crippen molar-refractivity contribution in [3.8, 4) is 11.3 Å². The summed E-state index contributed by atoms with van der Waals surface area (Å²) in [5.41, 5.74) is 8.01. The van der Waals surface area contributed by atoms with E-state index in [2.05, 4.69) is 0 Å². The summed E-state index contributed by atoms with van der Waals surface area (Å²) in [6.45, 7) is 2.21. The molecule has 22 heavy (non-hydrogen) atoms. The lowest BCUT2D eigenvalue weighted by atomic mass is 10.1. The number of carbonyl (C=O) groups excluding carboxylic acids is 1. The number of ketones is 1. The summed E-state index contributed by atoms with van der Waals surface area (Å²) in [7, 11) is 0. The fourth-order valence-electron chi connectivity index (χ4n) is 2.24. The number of aliphatic hydroxyl groups excluding tert-OH is 2. The molecule has 0 atom stereocenters. The average Bonchev–Trinajstić information content (AvgIpc) is 2.97. The molecule has 0 bridgehead atoms. The first-order valence-electron chi connectivity index (χ1n) is 7.04. The van der Waals surface area contributed by atoms with E-state index in [0.29, 0.717) is 30.1 Å². The van der Waals surface area contributed by atoms with Gasteiger partial charge in [-0.15, -0.1) is 0 Å². The molecule has 1 heterocycles. The van der Waals surface area contributed by atoms with Crippen molar-refractivity contribution in [2.75, 3.05) is 36.9 Å². The predicted octanol–water partition coefficient (Wildman–Crippen LogP) is 1.52. The van der Waals surface area contributed by atoms with E-state index in [9.17, 15) is 4.79 Å². The van der Waals surface area contributed by atoms with E-state index in [1.54, 1.807) is 18.2 Å². The minimum absolute atomic E-state index is 0.0189. The first-order chi connectivity index (χ1) is 10.6. The summed E-state index contributed by atoms with van der Waals surface area (Å²) < 4.78 is 5.52. The number of rotatable bonds is 7. The van der Waals surface area contributed by atoms with E-state index in [1.165, 1.54) is 6.92 Å². The standard InChI is InChI=1S/C16H20N2O4/c1-11(21)15-4-5-16(22-15)13-10-12(2-3-14(13)17)18(6-8-19)7-9-20/h2-5,10,19-20H,6-9,17H2,1H3. The van der Waals surface area contributed by atoms with Gasteiger partial charge < -0.3 is 25.3 Å². The number of hydrogen-bond donors (Lipinski definition) is 3. The molecule has 4 N–H and O–H groups in total. The largest absolute Gasteiger partial charge is 0.453 e. The fraction of sp³-hybridized carbons (Fsp3) is 0.312. The Morgan fingerprint density at radius 3 is 2.41 bits per heavy atom. The second-order valence-corrected chi connectivity index (χ2v) is 4.93. The molecule has 0 aliphatic rings. The molecule has 0 aliphatic heterocycles. The third-order valence-corrected chi connectivity index (χ3v) is 3.36. The molecule has 0 spiro atoms. The number of carbonyl (C=O) groups is 1. The number of nitrogens with zero attached hydrogens (tertiary/aromatic N) is 1. The lowest BCUT2D eigenvalue weighted by Gasteiger charge is -2.23. The van der Waals surface area contributed by atoms with Gasteiger partial charge in [0.1, 0.15) is 5.76 Å². The van der Waals surface area contributed by atoms with Crippen LogP contribution in [0.1, 0.15) is 17.5 Å². The van der Waals surface area contributed by atoms with Crippen LogP contribution in [-0.4, -0.2) is 42.3 Å². The number of nitrogens with two attached hydrogens (primary N) is 1. The number of aliphatic hydroxyl groups is 2. The number of furan rings is 1. The Labute approximate surface area is 128 Å². The van der Waals surface area contributed by atoms with Crippen molar-refractivity contribution < 1.29 is 19.4 Å². The topological polar surface area (TPSA) is 99.9 Å². The van der Waals surface area contributed by atoms with Crippen LogP contribution in [0.3, 0.4) is 0 Å². The van der Waals surface area contributed by atoms with Crippen LogP contribution in [0.2, 0.25) is 0 Å². The van der Waals surface area contributed by atoms with Crippen molar-refractivity contribution in [3.63, 3.8) is 0 Å². The molecule has 0 unspecified atom stereocenters. The lowest BCUT2D eigenvalue weighted by Crippen LogP contribution is -2.29. The average molecular weight is 304 g/mol. The molecule has 2 aromatic rings. The molecule has 0 saturated carbocycles. The Hall–Kier alpha value is -2.31. The van der Waals surface area contributed by atoms with Crippen molar-refractivity contribution in [3.05, 3.63) is 36.1 Å². The second kappa shape index (κ2) is 7.11. The summed E-state index contributed by atoms with van der Waals surface area (Å²) in [4.78, 5) is 13.2. The number of benzene rings is 1. The third kappa shape index (κ3) is 3.47. The van der Waals surface area contributed by atoms with Gasteiger partial charge in [-0.05, 0) is 30.3 Å². The lowest BCUT2D eigenvalue weighted by molar-refractivity contribution is 0.0988. The third-order valence-electron chi connectivity index (χ3n) is 3.36. The molecule has 0 aliphatic carbocycles. The van der Waals surface area contributed by atoms with Gasteiger partial charge in [-0.25, -0.2) is 0 Å². The van der Waals surface area contributed by atoms with Gasteiger partial charge in [-0.3, -0.25) is 4.79 Å². The zero-order valence-corrected chi connectivity index (χ0v) is 12.5. The number of anilines is 2. The minimum Gasteiger partial charge on any atom is -0.453 e. The van der Waals surface area contributed by atoms with E-state index >= 15 is 0 Å². The minimum atomic E-state index is -0.150. The van der Waals surface area contributed by atoms with Gasteiger partial charge in [-0.2, -0.15) is 0 Å². The van der Waals surface area contributed by atoms with Gasteiger partial charge in [0, 0.05) is 37.0 Å². The Morgan fingerprint density at radius 1 is 1.18 bits per heavy atom. The smallest absolute Gasteiger partial charge is 0.194 e. The van der Waals surface area contributed by atoms with Crippen molar-refractivity contribution in [1.82, 2.24) is 0 Å². The number of nitrogen functional groups attached to an aromatic ring is 1. The van der Waals surface area contributed by atoms with Crippen LogP contribution in [0.25, 0.3) is 11.3 Å². The van der Waals surface area contributed by atoms with Gasteiger partial charge in [-0.1, -0.05) is 0 Å². The summed E-state index contributed by atoms with van der Waals surface area (Å²) in [5, 5.41) is 18.3. The van der Waals surface area contributed by atoms with E-state index in [0.717, 1.165) is 5.69 Å². The number of Topliss-reactive ketones (excluding diaryl/α,β-unsaturated/α-hetero) is 1. The Bertz CT molecular complexity index is 645. The molecule has 0 amide bonds. The maximum absolute atomic E-state index is 11.3. The van der Waals surface area contributed by atoms with Crippen LogP contribution in [0.15, 0.2) is 34.7 Å². The molecule has 118 valence electrons. The van der Waals surface area contributed by atoms with Crippen molar-refractivity contribution in [2.24, 2.45) is 0 Å². The molecule has 0 fully saturated rings. The zero-order valence-electron chi connectivity index (χ0n) is 12.5. The molecular weight excluding hydrogens is 284 g/mol. The first kappa shape index (κ1) is 16.1. The van der Waals surface area contributed by atoms with Crippen LogP contribution in [0, 0.1) is 0 Å². The summed E-state index contributed by atoms with van der Waals surface area (Å²) in [5.74, 6) is 0.642. The normalized spacial score (nSPS) is 10.7. The van der Waals surface area contributed by atoms with Crippen LogP contribution >= 0.6 is 0 Å². The highest BCUT2D eigenvalue weighted by Gasteiger charge is 2.13. The highest BCUT2D eigenvalue weighted by atomic mass is 16.3. The SMILES string of the molecule is CC(=O)c1ccc(-c2cc(N(CCO)CCO)ccc2N)o1. The molecule has 1 aromatic heterocycles. The molecule has 0 saturated heterocycles. The molecule has 6 nitrogen and oxygen atoms in total. The summed E-state index contributed by atoms with van der Waals surface area (Å²) in [6.07, 6.45) is 0. The molecule has 2 rings (SSSR count). The Kier molecular flexibility index (Phi) is 5.19. The van der Waals surface area contributed by atoms with E-state index in [4.69, 9.17) is 20.4 Å². The predicted molar refractivity (Wildman–Crippen MR) is 84.9 cm³/mol.